The van der Waals surface area contributed by atoms with E-state index < -0.39 is 30.1 Å². The van der Waals surface area contributed by atoms with Gasteiger partial charge in [0.15, 0.2) is 0 Å². The van der Waals surface area contributed by atoms with Crippen LogP contribution >= 0.6 is 0 Å². The van der Waals surface area contributed by atoms with Crippen LogP contribution in [0.2, 0.25) is 0 Å². The van der Waals surface area contributed by atoms with Gasteiger partial charge in [-0.15, -0.1) is 0 Å². The smallest absolute Gasteiger partial charge is 0.407 e. The summed E-state index contributed by atoms with van der Waals surface area (Å²) in [6, 6.07) is 14.3. The molecule has 0 fully saturated rings. The van der Waals surface area contributed by atoms with Crippen molar-refractivity contribution < 1.29 is 24.2 Å². The Morgan fingerprint density at radius 3 is 2.03 bits per heavy atom. The second-order valence-electron chi connectivity index (χ2n) is 10.00. The summed E-state index contributed by atoms with van der Waals surface area (Å²) in [5, 5.41) is 12.3. The van der Waals surface area contributed by atoms with Gasteiger partial charge in [-0.05, 0) is 40.5 Å². The Morgan fingerprint density at radius 1 is 1.03 bits per heavy atom. The zero-order valence-corrected chi connectivity index (χ0v) is 20.5. The highest BCUT2D eigenvalue weighted by Crippen LogP contribution is 2.44. The summed E-state index contributed by atoms with van der Waals surface area (Å²) < 4.78 is 5.55. The van der Waals surface area contributed by atoms with Crippen molar-refractivity contribution >= 4 is 18.0 Å². The van der Waals surface area contributed by atoms with Gasteiger partial charge < -0.3 is 20.1 Å². The molecule has 2 amide bonds. The molecule has 0 heterocycles. The number of carbonyl (C=O) groups excluding carboxylic acids is 2. The topological polar surface area (TPSA) is 95.9 Å². The molecule has 182 valence electrons. The summed E-state index contributed by atoms with van der Waals surface area (Å²) in [6.45, 7) is 7.68. The molecule has 1 aliphatic carbocycles. The van der Waals surface area contributed by atoms with E-state index in [1.807, 2.05) is 57.2 Å². The number of carboxylic acid groups (broad SMARTS) is 1. The molecule has 2 aromatic carbocycles. The Kier molecular flexibility index (Phi) is 7.64. The Balaban J connectivity index is 1.66. The van der Waals surface area contributed by atoms with Crippen LogP contribution in [0.1, 0.15) is 57.6 Å². The molecule has 2 aromatic rings. The van der Waals surface area contributed by atoms with Crippen LogP contribution in [-0.4, -0.2) is 53.7 Å². The average Bonchev–Trinajstić information content (AvgIpc) is 3.11. The number of benzene rings is 2. The fourth-order valence-corrected chi connectivity index (χ4v) is 4.49. The number of aliphatic carboxylic acids is 1. The Bertz CT molecular complexity index is 1010. The molecular formula is C27H34N2O5. The van der Waals surface area contributed by atoms with E-state index in [1.54, 1.807) is 6.92 Å². The van der Waals surface area contributed by atoms with Crippen molar-refractivity contribution in [2.75, 3.05) is 13.7 Å². The van der Waals surface area contributed by atoms with Gasteiger partial charge in [0.25, 0.3) is 0 Å². The van der Waals surface area contributed by atoms with Gasteiger partial charge in [-0.3, -0.25) is 4.79 Å². The van der Waals surface area contributed by atoms with E-state index in [0.717, 1.165) is 22.3 Å². The van der Waals surface area contributed by atoms with Crippen molar-refractivity contribution in [1.29, 1.82) is 0 Å². The van der Waals surface area contributed by atoms with Gasteiger partial charge in [-0.2, -0.15) is 0 Å². The highest BCUT2D eigenvalue weighted by atomic mass is 16.5. The first-order chi connectivity index (χ1) is 16.0. The minimum atomic E-state index is -1.07. The Morgan fingerprint density at radius 2 is 1.56 bits per heavy atom. The number of ether oxygens (including phenoxy) is 1. The summed E-state index contributed by atoms with van der Waals surface area (Å²) in [4.78, 5) is 38.7. The lowest BCUT2D eigenvalue weighted by molar-refractivity contribution is -0.151. The first kappa shape index (κ1) is 25.3. The SMILES string of the molecule is CC[C@@H](NC(=O)OCC1c2ccccc2-c2ccccc21)C(=O)N(C)C(CC(C)(C)C)C(=O)O. The number of hydrogen-bond donors (Lipinski definition) is 2. The molecule has 0 aliphatic heterocycles. The minimum Gasteiger partial charge on any atom is -0.480 e. The van der Waals surface area contributed by atoms with Gasteiger partial charge in [0, 0.05) is 13.0 Å². The number of amides is 2. The van der Waals surface area contributed by atoms with Crippen LogP contribution in [0.15, 0.2) is 48.5 Å². The van der Waals surface area contributed by atoms with Crippen molar-refractivity contribution in [2.24, 2.45) is 5.41 Å². The zero-order chi connectivity index (χ0) is 25.0. The summed E-state index contributed by atoms with van der Waals surface area (Å²) in [5.74, 6) is -1.60. The molecule has 0 radical (unpaired) electrons. The average molecular weight is 467 g/mol. The number of likely N-dealkylation sites (N-methyl/N-ethyl adjacent to an activating group) is 1. The number of alkyl carbamates (subject to hydrolysis) is 1. The molecular weight excluding hydrogens is 432 g/mol. The number of rotatable bonds is 8. The van der Waals surface area contributed by atoms with Gasteiger partial charge in [0.05, 0.1) is 0 Å². The highest BCUT2D eigenvalue weighted by molar-refractivity contribution is 5.89. The Labute approximate surface area is 201 Å². The monoisotopic (exact) mass is 466 g/mol. The fourth-order valence-electron chi connectivity index (χ4n) is 4.49. The van der Waals surface area contributed by atoms with Crippen molar-refractivity contribution in [3.05, 3.63) is 59.7 Å². The molecule has 0 aromatic heterocycles. The van der Waals surface area contributed by atoms with E-state index in [1.165, 1.54) is 11.9 Å². The molecule has 0 spiro atoms. The van der Waals surface area contributed by atoms with E-state index in [2.05, 4.69) is 17.4 Å². The third kappa shape index (κ3) is 5.58. The van der Waals surface area contributed by atoms with Crippen molar-refractivity contribution in [3.63, 3.8) is 0 Å². The van der Waals surface area contributed by atoms with Crippen LogP contribution in [0.4, 0.5) is 4.79 Å². The lowest BCUT2D eigenvalue weighted by atomic mass is 9.87. The number of carboxylic acids is 1. The van der Waals surface area contributed by atoms with Gasteiger partial charge >= 0.3 is 12.1 Å². The fraction of sp³-hybridized carbons (Fsp3) is 0.444. The maximum atomic E-state index is 13.0. The third-order valence-electron chi connectivity index (χ3n) is 6.25. The first-order valence-electron chi connectivity index (χ1n) is 11.6. The van der Waals surface area contributed by atoms with Crippen LogP contribution < -0.4 is 5.32 Å². The molecule has 7 heteroatoms. The molecule has 1 aliphatic rings. The summed E-state index contributed by atoms with van der Waals surface area (Å²) in [5.41, 5.74) is 4.19. The second kappa shape index (κ2) is 10.3. The normalized spacial score (nSPS) is 14.5. The van der Waals surface area contributed by atoms with E-state index in [0.29, 0.717) is 12.8 Å². The summed E-state index contributed by atoms with van der Waals surface area (Å²) >= 11 is 0. The van der Waals surface area contributed by atoms with Gasteiger partial charge in [0.1, 0.15) is 18.7 Å². The van der Waals surface area contributed by atoms with E-state index in [-0.39, 0.29) is 17.9 Å². The van der Waals surface area contributed by atoms with Crippen molar-refractivity contribution in [2.45, 2.75) is 58.5 Å². The molecule has 2 atom stereocenters. The molecule has 3 rings (SSSR count). The van der Waals surface area contributed by atoms with Gasteiger partial charge in [-0.25, -0.2) is 9.59 Å². The maximum absolute atomic E-state index is 13.0. The lowest BCUT2D eigenvalue weighted by Gasteiger charge is -2.32. The molecule has 0 saturated heterocycles. The highest BCUT2D eigenvalue weighted by Gasteiger charge is 2.34. The number of fused-ring (bicyclic) bond motifs is 3. The minimum absolute atomic E-state index is 0.0835. The predicted molar refractivity (Wildman–Crippen MR) is 131 cm³/mol. The van der Waals surface area contributed by atoms with E-state index in [9.17, 15) is 19.5 Å². The van der Waals surface area contributed by atoms with Crippen molar-refractivity contribution in [1.82, 2.24) is 10.2 Å². The zero-order valence-electron chi connectivity index (χ0n) is 20.5. The quantitative estimate of drug-likeness (QED) is 0.590. The molecule has 2 N–H and O–H groups in total. The second-order valence-corrected chi connectivity index (χ2v) is 10.00. The molecule has 34 heavy (non-hydrogen) atoms. The largest absolute Gasteiger partial charge is 0.480 e. The molecule has 7 nitrogen and oxygen atoms in total. The van der Waals surface area contributed by atoms with Crippen LogP contribution in [0.3, 0.4) is 0 Å². The van der Waals surface area contributed by atoms with E-state index >= 15 is 0 Å². The maximum Gasteiger partial charge on any atom is 0.407 e. The molecule has 1 unspecified atom stereocenters. The number of nitrogens with one attached hydrogen (secondary N) is 1. The number of nitrogens with zero attached hydrogens (tertiary/aromatic N) is 1. The standard InChI is InChI=1S/C27H34N2O5/c1-6-22(24(30)29(5)23(25(31)32)15-27(2,3)4)28-26(33)34-16-21-19-13-9-7-11-17(19)18-12-8-10-14-20(18)21/h7-14,21-23H,6,15-16H2,1-5H3,(H,28,33)(H,31,32)/t22-,23?/m1/s1. The first-order valence-corrected chi connectivity index (χ1v) is 11.6. The Hall–Kier alpha value is -3.35. The summed E-state index contributed by atoms with van der Waals surface area (Å²) in [7, 11) is 1.47. The van der Waals surface area contributed by atoms with Gasteiger partial charge in [-0.1, -0.05) is 76.2 Å². The lowest BCUT2D eigenvalue weighted by Crippen LogP contribution is -2.53. The van der Waals surface area contributed by atoms with Crippen molar-refractivity contribution in [3.8, 4) is 11.1 Å². The summed E-state index contributed by atoms with van der Waals surface area (Å²) in [6.07, 6.45) is -0.0839. The predicted octanol–water partition coefficient (Wildman–Crippen LogP) is 4.65. The van der Waals surface area contributed by atoms with Crippen LogP contribution in [0.25, 0.3) is 11.1 Å². The molecule has 0 saturated carbocycles. The number of hydrogen-bond acceptors (Lipinski definition) is 4. The van der Waals surface area contributed by atoms with Crippen LogP contribution in [0.5, 0.6) is 0 Å². The van der Waals surface area contributed by atoms with Crippen LogP contribution in [0, 0.1) is 5.41 Å². The van der Waals surface area contributed by atoms with Gasteiger partial charge in [0.2, 0.25) is 5.91 Å². The number of carbonyl (C=O) groups is 3. The third-order valence-corrected chi connectivity index (χ3v) is 6.25. The van der Waals surface area contributed by atoms with Crippen LogP contribution in [-0.2, 0) is 14.3 Å². The van der Waals surface area contributed by atoms with E-state index in [4.69, 9.17) is 4.74 Å². The molecule has 0 bridgehead atoms.